The van der Waals surface area contributed by atoms with E-state index in [-0.39, 0.29) is 22.9 Å². The Bertz CT molecular complexity index is 518. The minimum Gasteiger partial charge on any atom is -0.388 e. The number of rotatable bonds is 5. The monoisotopic (exact) mass is 364 g/mol. The summed E-state index contributed by atoms with van der Waals surface area (Å²) < 4.78 is 0. The topological polar surface area (TPSA) is 64.5 Å². The van der Waals surface area contributed by atoms with Gasteiger partial charge in [0.1, 0.15) is 0 Å². The maximum absolute atomic E-state index is 11.1. The van der Waals surface area contributed by atoms with Crippen molar-refractivity contribution < 1.29 is 10.2 Å². The van der Waals surface area contributed by atoms with Crippen LogP contribution in [0.5, 0.6) is 0 Å². The Labute approximate surface area is 159 Å². The highest BCUT2D eigenvalue weighted by Crippen LogP contribution is 2.63. The fourth-order valence-electron chi connectivity index (χ4n) is 7.42. The van der Waals surface area contributed by atoms with E-state index in [9.17, 15) is 10.2 Å². The summed E-state index contributed by atoms with van der Waals surface area (Å²) in [5, 5.41) is 29.4. The zero-order chi connectivity index (χ0) is 19.1. The smallest absolute Gasteiger partial charge is 0.0805 e. The summed E-state index contributed by atoms with van der Waals surface area (Å²) in [7, 11) is 0. The molecule has 6 fully saturated rings. The van der Waals surface area contributed by atoms with E-state index in [0.717, 1.165) is 37.8 Å². The summed E-state index contributed by atoms with van der Waals surface area (Å²) in [6.07, 6.45) is 4.52. The van der Waals surface area contributed by atoms with E-state index in [2.05, 4.69) is 38.3 Å². The second kappa shape index (κ2) is 5.68. The maximum Gasteiger partial charge on any atom is 0.0805 e. The van der Waals surface area contributed by atoms with Gasteiger partial charge in [-0.1, -0.05) is 27.7 Å². The van der Waals surface area contributed by atoms with Gasteiger partial charge in [0.15, 0.2) is 0 Å². The molecule has 6 aliphatic carbocycles. The molecule has 0 aromatic carbocycles. The Morgan fingerprint density at radius 2 is 1.00 bits per heavy atom. The van der Waals surface area contributed by atoms with Crippen LogP contribution >= 0.6 is 0 Å². The van der Waals surface area contributed by atoms with Crippen LogP contribution in [0.15, 0.2) is 0 Å². The molecule has 4 bridgehead atoms. The normalized spacial score (nSPS) is 53.5. The van der Waals surface area contributed by atoms with E-state index >= 15 is 0 Å². The first-order valence-corrected chi connectivity index (χ1v) is 10.8. The van der Waals surface area contributed by atoms with Crippen molar-refractivity contribution in [1.82, 2.24) is 10.6 Å². The molecule has 4 nitrogen and oxygen atoms in total. The zero-order valence-electron chi connectivity index (χ0n) is 17.6. The van der Waals surface area contributed by atoms with E-state index in [1.54, 1.807) is 0 Å². The number of hydrogen-bond donors (Lipinski definition) is 4. The van der Waals surface area contributed by atoms with Crippen molar-refractivity contribution in [2.45, 2.75) is 90.5 Å². The average molecular weight is 365 g/mol. The standard InChI is InChI=1S/C22H40N2O2/c1-19(2)13-9-15(19)21(5,25)17(11-13)23-7-8-24-18-12-14-10-16(20(14,3)4)22(18,6)26/h13-18,23-26H,7-12H2,1-6H3/t13-,14-,15-,16-,17+,18+,21-,22-/m1/s1. The zero-order valence-corrected chi connectivity index (χ0v) is 17.6. The Kier molecular flexibility index (Phi) is 4.19. The lowest BCUT2D eigenvalue weighted by molar-refractivity contribution is -0.211. The lowest BCUT2D eigenvalue weighted by Gasteiger charge is -2.65. The van der Waals surface area contributed by atoms with E-state index in [4.69, 9.17) is 0 Å². The van der Waals surface area contributed by atoms with Crippen LogP contribution in [0.25, 0.3) is 0 Å². The molecule has 26 heavy (non-hydrogen) atoms. The third kappa shape index (κ3) is 2.48. The second-order valence-corrected chi connectivity index (χ2v) is 11.5. The molecular formula is C22H40N2O2. The van der Waals surface area contributed by atoms with Gasteiger partial charge in [0.2, 0.25) is 0 Å². The highest BCUT2D eigenvalue weighted by molar-refractivity contribution is 5.15. The van der Waals surface area contributed by atoms with Gasteiger partial charge in [0.05, 0.1) is 11.2 Å². The Morgan fingerprint density at radius 1 is 0.654 bits per heavy atom. The lowest BCUT2D eigenvalue weighted by Crippen LogP contribution is -2.71. The molecule has 8 atom stereocenters. The van der Waals surface area contributed by atoms with Gasteiger partial charge in [-0.25, -0.2) is 0 Å². The van der Waals surface area contributed by atoms with Crippen molar-refractivity contribution in [3.63, 3.8) is 0 Å². The van der Waals surface area contributed by atoms with Crippen LogP contribution in [-0.4, -0.2) is 46.6 Å². The molecule has 0 aliphatic heterocycles. The third-order valence-corrected chi connectivity index (χ3v) is 9.71. The van der Waals surface area contributed by atoms with E-state index in [0.29, 0.717) is 11.8 Å². The second-order valence-electron chi connectivity index (χ2n) is 11.5. The highest BCUT2D eigenvalue weighted by atomic mass is 16.3. The first-order valence-electron chi connectivity index (χ1n) is 10.8. The van der Waals surface area contributed by atoms with Gasteiger partial charge in [0.25, 0.3) is 0 Å². The van der Waals surface area contributed by atoms with E-state index < -0.39 is 11.2 Å². The van der Waals surface area contributed by atoms with Crippen LogP contribution < -0.4 is 10.6 Å². The molecule has 0 saturated heterocycles. The summed E-state index contributed by atoms with van der Waals surface area (Å²) in [6, 6.07) is 0.389. The predicted octanol–water partition coefficient (Wildman–Crippen LogP) is 2.54. The van der Waals surface area contributed by atoms with Gasteiger partial charge >= 0.3 is 0 Å². The molecule has 150 valence electrons. The van der Waals surface area contributed by atoms with Crippen molar-refractivity contribution in [2.75, 3.05) is 13.1 Å². The van der Waals surface area contributed by atoms with Crippen molar-refractivity contribution in [1.29, 1.82) is 0 Å². The molecule has 6 rings (SSSR count). The van der Waals surface area contributed by atoms with Gasteiger partial charge in [-0.2, -0.15) is 0 Å². The summed E-state index contributed by atoms with van der Waals surface area (Å²) in [5.74, 6) is 2.30. The molecule has 0 aromatic heterocycles. The average Bonchev–Trinajstić information content (AvgIpc) is 2.51. The predicted molar refractivity (Wildman–Crippen MR) is 105 cm³/mol. The van der Waals surface area contributed by atoms with E-state index in [1.807, 2.05) is 13.8 Å². The number of aliphatic hydroxyl groups is 2. The molecule has 6 saturated carbocycles. The van der Waals surface area contributed by atoms with Crippen LogP contribution in [-0.2, 0) is 0 Å². The van der Waals surface area contributed by atoms with Crippen LogP contribution in [0.3, 0.4) is 0 Å². The van der Waals surface area contributed by atoms with Crippen LogP contribution in [0.2, 0.25) is 0 Å². The van der Waals surface area contributed by atoms with Gasteiger partial charge in [0, 0.05) is 25.2 Å². The summed E-state index contributed by atoms with van der Waals surface area (Å²) in [5.41, 5.74) is -0.649. The summed E-state index contributed by atoms with van der Waals surface area (Å²) in [4.78, 5) is 0. The first-order chi connectivity index (χ1) is 11.9. The minimum absolute atomic E-state index is 0.195. The van der Waals surface area contributed by atoms with Crippen LogP contribution in [0, 0.1) is 34.5 Å². The molecule has 0 amide bonds. The van der Waals surface area contributed by atoms with Crippen molar-refractivity contribution in [2.24, 2.45) is 34.5 Å². The summed E-state index contributed by atoms with van der Waals surface area (Å²) in [6.45, 7) is 15.0. The number of nitrogens with one attached hydrogen (secondary N) is 2. The quantitative estimate of drug-likeness (QED) is 0.566. The molecule has 0 radical (unpaired) electrons. The molecule has 6 aliphatic rings. The molecule has 4 heteroatoms. The molecule has 0 heterocycles. The van der Waals surface area contributed by atoms with Gasteiger partial charge in [-0.15, -0.1) is 0 Å². The molecule has 0 unspecified atom stereocenters. The minimum atomic E-state index is -0.611. The van der Waals surface area contributed by atoms with E-state index in [1.165, 1.54) is 12.8 Å². The molecule has 4 N–H and O–H groups in total. The fourth-order valence-corrected chi connectivity index (χ4v) is 7.42. The molecule has 0 spiro atoms. The maximum atomic E-state index is 11.1. The highest BCUT2D eigenvalue weighted by Gasteiger charge is 2.63. The van der Waals surface area contributed by atoms with Crippen molar-refractivity contribution in [3.8, 4) is 0 Å². The van der Waals surface area contributed by atoms with Gasteiger partial charge < -0.3 is 20.8 Å². The molecular weight excluding hydrogens is 324 g/mol. The largest absolute Gasteiger partial charge is 0.388 e. The Morgan fingerprint density at radius 3 is 1.27 bits per heavy atom. The number of hydrogen-bond acceptors (Lipinski definition) is 4. The SMILES string of the molecule is CC1(C)[C@H]2C[C@H](NCCN[C@H]3C[C@H]4C[C@H](C4(C)C)[C@@]3(C)O)[C@](C)(O)[C@@H]1C2. The lowest BCUT2D eigenvalue weighted by atomic mass is 9.43. The molecule has 0 aromatic rings. The Hall–Kier alpha value is -0.160. The third-order valence-electron chi connectivity index (χ3n) is 9.71. The Balaban J connectivity index is 1.27. The summed E-state index contributed by atoms with van der Waals surface area (Å²) >= 11 is 0. The fraction of sp³-hybridized carbons (Fsp3) is 1.00. The van der Waals surface area contributed by atoms with Crippen molar-refractivity contribution >= 4 is 0 Å². The van der Waals surface area contributed by atoms with Crippen LogP contribution in [0.1, 0.15) is 67.2 Å². The first kappa shape index (κ1) is 19.2. The van der Waals surface area contributed by atoms with Crippen molar-refractivity contribution in [3.05, 3.63) is 0 Å². The van der Waals surface area contributed by atoms with Gasteiger partial charge in [-0.3, -0.25) is 0 Å². The number of fused-ring (bicyclic) bond motifs is 4. The van der Waals surface area contributed by atoms with Gasteiger partial charge in [-0.05, 0) is 74.0 Å². The van der Waals surface area contributed by atoms with Crippen LogP contribution in [0.4, 0.5) is 0 Å².